The van der Waals surface area contributed by atoms with Crippen LogP contribution in [0.25, 0.3) is 0 Å². The number of fused-ring (bicyclic) bond motifs is 2. The summed E-state index contributed by atoms with van der Waals surface area (Å²) in [6.07, 6.45) is 2.27. The average Bonchev–Trinajstić information content (AvgIpc) is 2.42. The predicted octanol–water partition coefficient (Wildman–Crippen LogP) is 0.00300. The van der Waals surface area contributed by atoms with Gasteiger partial charge in [0.1, 0.15) is 0 Å². The molecule has 0 amide bonds. The van der Waals surface area contributed by atoms with Crippen LogP contribution in [-0.2, 0) is 9.53 Å². The fourth-order valence-electron chi connectivity index (χ4n) is 2.89. The van der Waals surface area contributed by atoms with Gasteiger partial charge in [-0.25, -0.2) is 0 Å². The Kier molecular flexibility index (Phi) is 2.49. The maximum atomic E-state index is 11.5. The number of methoxy groups -OCH3 is 1. The highest BCUT2D eigenvalue weighted by Gasteiger charge is 2.48. The lowest BCUT2D eigenvalue weighted by Crippen LogP contribution is -2.52. The highest BCUT2D eigenvalue weighted by Crippen LogP contribution is 2.38. The molecule has 2 rings (SSSR count). The van der Waals surface area contributed by atoms with Gasteiger partial charge in [-0.3, -0.25) is 9.69 Å². The number of rotatable bonds is 1. The first-order chi connectivity index (χ1) is 6.65. The van der Waals surface area contributed by atoms with Crippen molar-refractivity contribution in [3.8, 4) is 0 Å². The predicted molar refractivity (Wildman–Crippen MR) is 50.7 cm³/mol. The summed E-state index contributed by atoms with van der Waals surface area (Å²) in [6, 6.07) is 0.632. The van der Waals surface area contributed by atoms with Gasteiger partial charge in [0.05, 0.1) is 19.1 Å². The summed E-state index contributed by atoms with van der Waals surface area (Å²) in [4.78, 5) is 13.7. The lowest BCUT2D eigenvalue weighted by atomic mass is 9.88. The molecule has 0 aromatic rings. The summed E-state index contributed by atoms with van der Waals surface area (Å²) >= 11 is 0. The zero-order valence-electron chi connectivity index (χ0n) is 8.64. The second-order valence-electron chi connectivity index (χ2n) is 4.32. The van der Waals surface area contributed by atoms with E-state index in [9.17, 15) is 9.90 Å². The van der Waals surface area contributed by atoms with Gasteiger partial charge < -0.3 is 9.84 Å². The molecule has 3 unspecified atom stereocenters. The van der Waals surface area contributed by atoms with Crippen LogP contribution >= 0.6 is 0 Å². The number of aliphatic hydroxyl groups is 1. The van der Waals surface area contributed by atoms with E-state index in [1.165, 1.54) is 7.11 Å². The van der Waals surface area contributed by atoms with Crippen LogP contribution in [0.4, 0.5) is 0 Å². The molecule has 4 heteroatoms. The number of carbonyl (C=O) groups excluding carboxylic acids is 1. The van der Waals surface area contributed by atoms with Gasteiger partial charge in [-0.2, -0.15) is 0 Å². The Morgan fingerprint density at radius 2 is 2.21 bits per heavy atom. The smallest absolute Gasteiger partial charge is 0.312 e. The van der Waals surface area contributed by atoms with Crippen molar-refractivity contribution in [2.24, 2.45) is 5.92 Å². The fourth-order valence-corrected chi connectivity index (χ4v) is 2.89. The van der Waals surface area contributed by atoms with Gasteiger partial charge in [-0.05, 0) is 26.3 Å². The Morgan fingerprint density at radius 1 is 1.50 bits per heavy atom. The van der Waals surface area contributed by atoms with E-state index < -0.39 is 6.10 Å². The zero-order valence-corrected chi connectivity index (χ0v) is 8.64. The molecule has 80 valence electrons. The number of ether oxygens (including phenoxy) is 1. The summed E-state index contributed by atoms with van der Waals surface area (Å²) < 4.78 is 4.73. The van der Waals surface area contributed by atoms with E-state index in [0.717, 1.165) is 12.8 Å². The van der Waals surface area contributed by atoms with Crippen LogP contribution in [0.1, 0.15) is 19.3 Å². The Balaban J connectivity index is 2.18. The topological polar surface area (TPSA) is 49.8 Å². The van der Waals surface area contributed by atoms with Crippen molar-refractivity contribution in [2.45, 2.75) is 37.5 Å². The van der Waals surface area contributed by atoms with Crippen molar-refractivity contribution in [2.75, 3.05) is 14.2 Å². The third-order valence-corrected chi connectivity index (χ3v) is 3.71. The molecule has 0 saturated carbocycles. The number of nitrogens with zero attached hydrogens (tertiary/aromatic N) is 1. The number of hydrogen-bond acceptors (Lipinski definition) is 4. The molecule has 0 spiro atoms. The number of esters is 1. The van der Waals surface area contributed by atoms with Crippen molar-refractivity contribution in [3.63, 3.8) is 0 Å². The van der Waals surface area contributed by atoms with Gasteiger partial charge in [-0.1, -0.05) is 0 Å². The molecule has 0 aliphatic carbocycles. The molecular formula is C10H17NO3. The first-order valence-electron chi connectivity index (χ1n) is 5.13. The van der Waals surface area contributed by atoms with Crippen molar-refractivity contribution >= 4 is 5.97 Å². The van der Waals surface area contributed by atoms with Crippen molar-refractivity contribution in [1.29, 1.82) is 0 Å². The molecule has 2 saturated heterocycles. The Morgan fingerprint density at radius 3 is 2.86 bits per heavy atom. The van der Waals surface area contributed by atoms with Gasteiger partial charge in [0.2, 0.25) is 0 Å². The molecular weight excluding hydrogens is 182 g/mol. The molecule has 0 aromatic carbocycles. The first-order valence-corrected chi connectivity index (χ1v) is 5.13. The monoisotopic (exact) mass is 199 g/mol. The largest absolute Gasteiger partial charge is 0.469 e. The van der Waals surface area contributed by atoms with Crippen LogP contribution < -0.4 is 0 Å². The molecule has 2 fully saturated rings. The van der Waals surface area contributed by atoms with Crippen molar-refractivity contribution in [1.82, 2.24) is 4.90 Å². The lowest BCUT2D eigenvalue weighted by molar-refractivity contribution is -0.155. The van der Waals surface area contributed by atoms with E-state index in [1.54, 1.807) is 0 Å². The molecule has 1 N–H and O–H groups in total. The van der Waals surface area contributed by atoms with Gasteiger partial charge in [0.15, 0.2) is 0 Å². The Hall–Kier alpha value is -0.610. The van der Waals surface area contributed by atoms with Gasteiger partial charge in [0, 0.05) is 12.1 Å². The van der Waals surface area contributed by atoms with Crippen LogP contribution in [0, 0.1) is 5.92 Å². The summed E-state index contributed by atoms with van der Waals surface area (Å²) in [5.41, 5.74) is 0. The molecule has 4 nitrogen and oxygen atoms in total. The van der Waals surface area contributed by atoms with E-state index in [2.05, 4.69) is 4.90 Å². The zero-order chi connectivity index (χ0) is 10.3. The fraction of sp³-hybridized carbons (Fsp3) is 0.900. The molecule has 2 heterocycles. The first kappa shape index (κ1) is 9.93. The number of piperidine rings is 1. The minimum absolute atomic E-state index is 0.177. The Labute approximate surface area is 83.8 Å². The molecule has 2 bridgehead atoms. The van der Waals surface area contributed by atoms with Gasteiger partial charge >= 0.3 is 5.97 Å². The third kappa shape index (κ3) is 1.33. The summed E-state index contributed by atoms with van der Waals surface area (Å²) in [5, 5.41) is 9.84. The van der Waals surface area contributed by atoms with Crippen LogP contribution in [-0.4, -0.2) is 48.3 Å². The lowest BCUT2D eigenvalue weighted by Gasteiger charge is -2.39. The number of aliphatic hydroxyl groups excluding tert-OH is 1. The highest BCUT2D eigenvalue weighted by molar-refractivity contribution is 5.74. The number of hydrogen-bond donors (Lipinski definition) is 1. The summed E-state index contributed by atoms with van der Waals surface area (Å²) in [6.45, 7) is 0. The van der Waals surface area contributed by atoms with Crippen LogP contribution in [0.5, 0.6) is 0 Å². The summed E-state index contributed by atoms with van der Waals surface area (Å²) in [5.74, 6) is -0.613. The average molecular weight is 199 g/mol. The number of carbonyl (C=O) groups is 1. The second-order valence-corrected chi connectivity index (χ2v) is 4.32. The van der Waals surface area contributed by atoms with Crippen LogP contribution in [0.15, 0.2) is 0 Å². The van der Waals surface area contributed by atoms with E-state index >= 15 is 0 Å². The van der Waals surface area contributed by atoms with Crippen molar-refractivity contribution in [3.05, 3.63) is 0 Å². The van der Waals surface area contributed by atoms with E-state index in [-0.39, 0.29) is 17.9 Å². The van der Waals surface area contributed by atoms with E-state index in [0.29, 0.717) is 12.5 Å². The van der Waals surface area contributed by atoms with Gasteiger partial charge in [0.25, 0.3) is 0 Å². The second kappa shape index (κ2) is 3.51. The molecule has 2 aliphatic rings. The van der Waals surface area contributed by atoms with Crippen molar-refractivity contribution < 1.29 is 14.6 Å². The van der Waals surface area contributed by atoms with E-state index in [1.807, 2.05) is 7.05 Å². The molecule has 4 atom stereocenters. The minimum atomic E-state index is -0.517. The van der Waals surface area contributed by atoms with Crippen LogP contribution in [0.3, 0.4) is 0 Å². The molecule has 0 aromatic heterocycles. The standard InChI is InChI=1S/C10H17NO3/c1-11-6-3-4-7(11)9(8(12)5-6)10(13)14-2/h6-9,12H,3-5H2,1-2H3/t6-,7?,8?,9?/m1/s1. The maximum Gasteiger partial charge on any atom is 0.312 e. The Bertz CT molecular complexity index is 244. The minimum Gasteiger partial charge on any atom is -0.469 e. The highest BCUT2D eigenvalue weighted by atomic mass is 16.5. The summed E-state index contributed by atoms with van der Waals surface area (Å²) in [7, 11) is 3.42. The maximum absolute atomic E-state index is 11.5. The van der Waals surface area contributed by atoms with Gasteiger partial charge in [-0.15, -0.1) is 0 Å². The quantitative estimate of drug-likeness (QED) is 0.604. The molecule has 14 heavy (non-hydrogen) atoms. The molecule has 2 aliphatic heterocycles. The SMILES string of the molecule is COC(=O)C1C(O)C[C@H]2CCC1N2C. The third-order valence-electron chi connectivity index (χ3n) is 3.71. The van der Waals surface area contributed by atoms with Crippen LogP contribution in [0.2, 0.25) is 0 Å². The normalized spacial score (nSPS) is 42.5. The van der Waals surface area contributed by atoms with E-state index in [4.69, 9.17) is 4.74 Å². The molecule has 0 radical (unpaired) electrons.